The van der Waals surface area contributed by atoms with Gasteiger partial charge in [0.15, 0.2) is 17.3 Å². The Morgan fingerprint density at radius 2 is 1.93 bits per heavy atom. The zero-order valence-electron chi connectivity index (χ0n) is 15.8. The highest BCUT2D eigenvalue weighted by Crippen LogP contribution is 2.38. The van der Waals surface area contributed by atoms with E-state index < -0.39 is 0 Å². The van der Waals surface area contributed by atoms with E-state index in [9.17, 15) is 0 Å². The fraction of sp³-hybridized carbons (Fsp3) is 0.500. The summed E-state index contributed by atoms with van der Waals surface area (Å²) in [6, 6.07) is 8.07. The van der Waals surface area contributed by atoms with E-state index in [1.54, 1.807) is 6.20 Å². The first-order valence-electron chi connectivity index (χ1n) is 9.62. The van der Waals surface area contributed by atoms with Gasteiger partial charge in [-0.2, -0.15) is 5.10 Å². The summed E-state index contributed by atoms with van der Waals surface area (Å²) in [6.45, 7) is 6.44. The predicted molar refractivity (Wildman–Crippen MR) is 121 cm³/mol. The molecule has 152 valence electrons. The predicted octanol–water partition coefficient (Wildman–Crippen LogP) is 3.66. The minimum Gasteiger partial charge on any atom is -0.489 e. The number of hydrogen-bond acceptors (Lipinski definition) is 6. The highest BCUT2D eigenvalue weighted by molar-refractivity contribution is 14.0. The fourth-order valence-electron chi connectivity index (χ4n) is 3.60. The Morgan fingerprint density at radius 3 is 2.79 bits per heavy atom. The summed E-state index contributed by atoms with van der Waals surface area (Å²) < 4.78 is 11.5. The lowest BCUT2D eigenvalue weighted by molar-refractivity contribution is 0.295. The van der Waals surface area contributed by atoms with Crippen LogP contribution in [0, 0.1) is 0 Å². The van der Waals surface area contributed by atoms with Crippen molar-refractivity contribution in [2.75, 3.05) is 50.8 Å². The third kappa shape index (κ3) is 5.39. The van der Waals surface area contributed by atoms with Crippen molar-refractivity contribution in [2.24, 2.45) is 0 Å². The van der Waals surface area contributed by atoms with Crippen molar-refractivity contribution in [1.29, 1.82) is 0 Å². The van der Waals surface area contributed by atoms with Crippen LogP contribution in [0.2, 0.25) is 5.02 Å². The molecular weight excluding hydrogens is 491 g/mol. The maximum absolute atomic E-state index is 6.42. The molecule has 2 aliphatic heterocycles. The second kappa shape index (κ2) is 10.5. The molecule has 1 aromatic carbocycles. The molecule has 0 amide bonds. The number of benzene rings is 1. The number of rotatable bonds is 4. The molecule has 3 heterocycles. The highest BCUT2D eigenvalue weighted by atomic mass is 127. The van der Waals surface area contributed by atoms with Crippen LogP contribution in [-0.4, -0.2) is 61.0 Å². The summed E-state index contributed by atoms with van der Waals surface area (Å²) in [7, 11) is 0. The van der Waals surface area contributed by atoms with Crippen molar-refractivity contribution < 1.29 is 9.47 Å². The molecule has 0 radical (unpaired) electrons. The standard InChI is InChI=1S/C20H25ClN4O2.HI/c21-17-14-16(15-18-20(17)27-13-3-12-26-18)5-9-24-7-2-8-25(11-10-24)19-4-1-6-22-23-19;/h1,4,6,14-15H,2-3,5,7-13H2;1H. The smallest absolute Gasteiger partial charge is 0.179 e. The van der Waals surface area contributed by atoms with Crippen LogP contribution in [0.15, 0.2) is 30.5 Å². The van der Waals surface area contributed by atoms with Crippen LogP contribution in [0.1, 0.15) is 18.4 Å². The number of ether oxygens (including phenoxy) is 2. The zero-order chi connectivity index (χ0) is 18.5. The molecule has 0 spiro atoms. The van der Waals surface area contributed by atoms with Crippen LogP contribution in [0.4, 0.5) is 5.82 Å². The van der Waals surface area contributed by atoms with Gasteiger partial charge in [0.25, 0.3) is 0 Å². The molecule has 0 atom stereocenters. The molecule has 2 aliphatic rings. The van der Waals surface area contributed by atoms with Gasteiger partial charge in [-0.1, -0.05) is 11.6 Å². The molecular formula is C20H26ClIN4O2. The summed E-state index contributed by atoms with van der Waals surface area (Å²) in [5.74, 6) is 2.43. The van der Waals surface area contributed by atoms with Crippen LogP contribution >= 0.6 is 35.6 Å². The van der Waals surface area contributed by atoms with Crippen molar-refractivity contribution in [3.05, 3.63) is 41.0 Å². The van der Waals surface area contributed by atoms with Crippen LogP contribution in [0.5, 0.6) is 11.5 Å². The number of nitrogens with zero attached hydrogens (tertiary/aromatic N) is 4. The fourth-order valence-corrected chi connectivity index (χ4v) is 3.89. The Labute approximate surface area is 188 Å². The monoisotopic (exact) mass is 516 g/mol. The normalized spacial score (nSPS) is 17.4. The van der Waals surface area contributed by atoms with Gasteiger partial charge in [-0.15, -0.1) is 29.1 Å². The maximum atomic E-state index is 6.42. The van der Waals surface area contributed by atoms with E-state index >= 15 is 0 Å². The minimum atomic E-state index is 0. The lowest BCUT2D eigenvalue weighted by atomic mass is 10.1. The van der Waals surface area contributed by atoms with Gasteiger partial charge >= 0.3 is 0 Å². The Balaban J connectivity index is 0.00000225. The topological polar surface area (TPSA) is 50.7 Å². The van der Waals surface area contributed by atoms with Crippen molar-refractivity contribution in [1.82, 2.24) is 15.1 Å². The Kier molecular flexibility index (Phi) is 7.99. The number of hydrogen-bond donors (Lipinski definition) is 0. The molecule has 0 N–H and O–H groups in total. The SMILES string of the molecule is Clc1cc(CCN2CCCN(c3cccnn3)CC2)cc2c1OCCCO2.I. The summed E-state index contributed by atoms with van der Waals surface area (Å²) in [6.07, 6.45) is 4.67. The Bertz CT molecular complexity index is 765. The molecule has 28 heavy (non-hydrogen) atoms. The molecule has 0 aliphatic carbocycles. The molecule has 8 heteroatoms. The van der Waals surface area contributed by atoms with Gasteiger partial charge in [-0.25, -0.2) is 0 Å². The van der Waals surface area contributed by atoms with Crippen LogP contribution in [-0.2, 0) is 6.42 Å². The first-order chi connectivity index (χ1) is 13.3. The van der Waals surface area contributed by atoms with Crippen molar-refractivity contribution in [2.45, 2.75) is 19.3 Å². The van der Waals surface area contributed by atoms with Crippen LogP contribution in [0.3, 0.4) is 0 Å². The van der Waals surface area contributed by atoms with Crippen LogP contribution < -0.4 is 14.4 Å². The average Bonchev–Trinajstić information content (AvgIpc) is 3.08. The van der Waals surface area contributed by atoms with Gasteiger partial charge in [-0.05, 0) is 49.2 Å². The third-order valence-corrected chi connectivity index (χ3v) is 5.33. The largest absolute Gasteiger partial charge is 0.489 e. The lowest BCUT2D eigenvalue weighted by Crippen LogP contribution is -2.32. The maximum Gasteiger partial charge on any atom is 0.179 e. The van der Waals surface area contributed by atoms with E-state index in [1.807, 2.05) is 18.2 Å². The van der Waals surface area contributed by atoms with Crippen LogP contribution in [0.25, 0.3) is 0 Å². The molecule has 1 aromatic heterocycles. The van der Waals surface area contributed by atoms with E-state index in [2.05, 4.69) is 26.1 Å². The molecule has 2 aromatic rings. The van der Waals surface area contributed by atoms with E-state index in [4.69, 9.17) is 21.1 Å². The number of aromatic nitrogens is 2. The second-order valence-electron chi connectivity index (χ2n) is 6.97. The lowest BCUT2D eigenvalue weighted by Gasteiger charge is -2.22. The summed E-state index contributed by atoms with van der Waals surface area (Å²) in [5.41, 5.74) is 1.19. The van der Waals surface area contributed by atoms with Crippen molar-refractivity contribution >= 4 is 41.4 Å². The Hall–Kier alpha value is -1.32. The number of fused-ring (bicyclic) bond motifs is 1. The van der Waals surface area contributed by atoms with Gasteiger partial charge in [-0.3, -0.25) is 0 Å². The van der Waals surface area contributed by atoms with E-state index in [1.165, 1.54) is 5.56 Å². The third-order valence-electron chi connectivity index (χ3n) is 5.05. The molecule has 1 saturated heterocycles. The Morgan fingerprint density at radius 1 is 1.04 bits per heavy atom. The average molecular weight is 517 g/mol. The number of anilines is 1. The van der Waals surface area contributed by atoms with E-state index in [0.717, 1.165) is 63.6 Å². The second-order valence-corrected chi connectivity index (χ2v) is 7.38. The van der Waals surface area contributed by atoms with Gasteiger partial charge in [0.1, 0.15) is 0 Å². The molecule has 6 nitrogen and oxygen atoms in total. The summed E-state index contributed by atoms with van der Waals surface area (Å²) >= 11 is 6.42. The molecule has 1 fully saturated rings. The van der Waals surface area contributed by atoms with E-state index in [0.29, 0.717) is 24.0 Å². The molecule has 0 bridgehead atoms. The van der Waals surface area contributed by atoms with Gasteiger partial charge in [0, 0.05) is 38.8 Å². The summed E-state index contributed by atoms with van der Waals surface area (Å²) in [5, 5.41) is 8.88. The first kappa shape index (κ1) is 21.4. The quantitative estimate of drug-likeness (QED) is 0.578. The number of halogens is 2. The first-order valence-corrected chi connectivity index (χ1v) is 10.0. The summed E-state index contributed by atoms with van der Waals surface area (Å²) in [4.78, 5) is 4.82. The van der Waals surface area contributed by atoms with Gasteiger partial charge < -0.3 is 19.3 Å². The van der Waals surface area contributed by atoms with Crippen molar-refractivity contribution in [3.63, 3.8) is 0 Å². The zero-order valence-corrected chi connectivity index (χ0v) is 18.9. The highest BCUT2D eigenvalue weighted by Gasteiger charge is 2.18. The van der Waals surface area contributed by atoms with Gasteiger partial charge in [0.05, 0.1) is 18.2 Å². The molecule has 4 rings (SSSR count). The van der Waals surface area contributed by atoms with Crippen molar-refractivity contribution in [3.8, 4) is 11.5 Å². The molecule has 0 saturated carbocycles. The molecule has 0 unspecified atom stereocenters. The van der Waals surface area contributed by atoms with Gasteiger partial charge in [0.2, 0.25) is 0 Å². The minimum absolute atomic E-state index is 0. The van der Waals surface area contributed by atoms with E-state index in [-0.39, 0.29) is 24.0 Å².